The Labute approximate surface area is 185 Å². The van der Waals surface area contributed by atoms with Gasteiger partial charge >= 0.3 is 11.9 Å². The number of hydrogen-bond donors (Lipinski definition) is 0. The Hall–Kier alpha value is -4.13. The lowest BCUT2D eigenvalue weighted by Gasteiger charge is -2.07. The predicted molar refractivity (Wildman–Crippen MR) is 118 cm³/mol. The maximum absolute atomic E-state index is 12.2. The Balaban J connectivity index is 1.62. The molecule has 0 saturated heterocycles. The third kappa shape index (κ3) is 4.78. The van der Waals surface area contributed by atoms with Crippen molar-refractivity contribution in [2.75, 3.05) is 13.7 Å². The average Bonchev–Trinajstić information content (AvgIpc) is 3.30. The highest BCUT2D eigenvalue weighted by Gasteiger charge is 2.22. The van der Waals surface area contributed by atoms with E-state index in [0.717, 1.165) is 16.9 Å². The maximum atomic E-state index is 12.2. The van der Waals surface area contributed by atoms with Gasteiger partial charge in [0.1, 0.15) is 18.1 Å². The molecule has 2 heterocycles. The maximum Gasteiger partial charge on any atom is 0.394 e. The standard InChI is InChI=1S/C25H22N2O5/c1-3-30-25(28)24-27-22(19-11-14-21(29-2)26-15-19)23(32-24)18-9-12-20(13-10-18)31-16-17-7-5-4-6-8-17/h4-15H,3,16H2,1-2H3. The van der Waals surface area contributed by atoms with Crippen LogP contribution in [0.1, 0.15) is 23.2 Å². The molecule has 0 fully saturated rings. The Bertz CT molecular complexity index is 1170. The minimum atomic E-state index is -0.621. The molecule has 7 nitrogen and oxygen atoms in total. The van der Waals surface area contributed by atoms with Crippen molar-refractivity contribution in [2.45, 2.75) is 13.5 Å². The summed E-state index contributed by atoms with van der Waals surface area (Å²) in [6.07, 6.45) is 1.62. The van der Waals surface area contributed by atoms with Crippen LogP contribution in [-0.2, 0) is 11.3 Å². The van der Waals surface area contributed by atoms with Gasteiger partial charge in [0, 0.05) is 23.4 Å². The summed E-state index contributed by atoms with van der Waals surface area (Å²) < 4.78 is 21.8. The van der Waals surface area contributed by atoms with Crippen LogP contribution in [0, 0.1) is 0 Å². The summed E-state index contributed by atoms with van der Waals surface area (Å²) >= 11 is 0. The summed E-state index contributed by atoms with van der Waals surface area (Å²) in [5.74, 6) is 0.899. The van der Waals surface area contributed by atoms with Crippen molar-refractivity contribution in [3.05, 3.63) is 84.4 Å². The first-order valence-corrected chi connectivity index (χ1v) is 10.1. The Morgan fingerprint density at radius 3 is 2.38 bits per heavy atom. The van der Waals surface area contributed by atoms with Crippen LogP contribution in [0.2, 0.25) is 0 Å². The Kier molecular flexibility index (Phi) is 6.46. The van der Waals surface area contributed by atoms with Gasteiger partial charge in [0.05, 0.1) is 13.7 Å². The second-order valence-electron chi connectivity index (χ2n) is 6.81. The lowest BCUT2D eigenvalue weighted by molar-refractivity contribution is 0.0482. The molecule has 0 amide bonds. The van der Waals surface area contributed by atoms with Gasteiger partial charge in [-0.1, -0.05) is 30.3 Å². The largest absolute Gasteiger partial charge is 0.489 e. The van der Waals surface area contributed by atoms with Crippen molar-refractivity contribution in [1.29, 1.82) is 0 Å². The topological polar surface area (TPSA) is 83.7 Å². The molecule has 7 heteroatoms. The number of hydrogen-bond acceptors (Lipinski definition) is 7. The lowest BCUT2D eigenvalue weighted by Crippen LogP contribution is -2.04. The molecule has 4 rings (SSSR count). The number of methoxy groups -OCH3 is 1. The van der Waals surface area contributed by atoms with Gasteiger partial charge in [0.15, 0.2) is 5.76 Å². The second kappa shape index (κ2) is 9.78. The fourth-order valence-electron chi connectivity index (χ4n) is 3.08. The quantitative estimate of drug-likeness (QED) is 0.357. The summed E-state index contributed by atoms with van der Waals surface area (Å²) in [5.41, 5.74) is 3.00. The first-order chi connectivity index (χ1) is 15.7. The number of pyridine rings is 1. The van der Waals surface area contributed by atoms with Gasteiger partial charge in [0.2, 0.25) is 5.88 Å². The molecule has 0 spiro atoms. The minimum absolute atomic E-state index is 0.114. The molecule has 162 valence electrons. The van der Waals surface area contributed by atoms with Crippen molar-refractivity contribution < 1.29 is 23.4 Å². The van der Waals surface area contributed by atoms with Gasteiger partial charge in [-0.3, -0.25) is 0 Å². The zero-order valence-corrected chi connectivity index (χ0v) is 17.8. The van der Waals surface area contributed by atoms with E-state index < -0.39 is 5.97 Å². The monoisotopic (exact) mass is 430 g/mol. The molecular weight excluding hydrogens is 408 g/mol. The SMILES string of the molecule is CCOC(=O)c1nc(-c2ccc(OC)nc2)c(-c2ccc(OCc3ccccc3)cc2)o1. The normalized spacial score (nSPS) is 10.6. The van der Waals surface area contributed by atoms with Crippen LogP contribution in [0.25, 0.3) is 22.6 Å². The van der Waals surface area contributed by atoms with Gasteiger partial charge in [-0.15, -0.1) is 0 Å². The molecule has 0 N–H and O–H groups in total. The van der Waals surface area contributed by atoms with Gasteiger partial charge < -0.3 is 18.6 Å². The molecule has 0 unspecified atom stereocenters. The molecule has 0 bridgehead atoms. The van der Waals surface area contributed by atoms with Crippen molar-refractivity contribution in [3.63, 3.8) is 0 Å². The van der Waals surface area contributed by atoms with E-state index in [1.165, 1.54) is 0 Å². The molecule has 4 aromatic rings. The van der Waals surface area contributed by atoms with Gasteiger partial charge in [-0.25, -0.2) is 14.8 Å². The van der Waals surface area contributed by atoms with E-state index in [0.29, 0.717) is 29.5 Å². The van der Waals surface area contributed by atoms with Crippen LogP contribution < -0.4 is 9.47 Å². The van der Waals surface area contributed by atoms with Crippen LogP contribution in [0.4, 0.5) is 0 Å². The van der Waals surface area contributed by atoms with Crippen LogP contribution >= 0.6 is 0 Å². The van der Waals surface area contributed by atoms with Gasteiger partial charge in [-0.05, 0) is 42.8 Å². The fraction of sp³-hybridized carbons (Fsp3) is 0.160. The molecule has 2 aromatic carbocycles. The molecule has 32 heavy (non-hydrogen) atoms. The average molecular weight is 430 g/mol. The number of nitrogens with zero attached hydrogens (tertiary/aromatic N) is 2. The second-order valence-corrected chi connectivity index (χ2v) is 6.81. The number of carbonyl (C=O) groups excluding carboxylic acids is 1. The summed E-state index contributed by atoms with van der Waals surface area (Å²) in [6.45, 7) is 2.42. The number of rotatable bonds is 8. The van der Waals surface area contributed by atoms with Crippen LogP contribution in [-0.4, -0.2) is 29.7 Å². The molecule has 0 aliphatic heterocycles. The highest BCUT2D eigenvalue weighted by atomic mass is 16.5. The number of aromatic nitrogens is 2. The molecule has 0 atom stereocenters. The van der Waals surface area contributed by atoms with Crippen molar-refractivity contribution in [3.8, 4) is 34.2 Å². The fourth-order valence-corrected chi connectivity index (χ4v) is 3.08. The Morgan fingerprint density at radius 2 is 1.72 bits per heavy atom. The number of benzene rings is 2. The third-order valence-corrected chi connectivity index (χ3v) is 4.66. The molecule has 0 aliphatic carbocycles. The van der Waals surface area contributed by atoms with Crippen LogP contribution in [0.15, 0.2) is 77.3 Å². The molecule has 0 aliphatic rings. The molecular formula is C25H22N2O5. The number of carbonyl (C=O) groups is 1. The molecule has 0 saturated carbocycles. The lowest BCUT2D eigenvalue weighted by atomic mass is 10.1. The zero-order chi connectivity index (χ0) is 22.3. The zero-order valence-electron chi connectivity index (χ0n) is 17.8. The highest BCUT2D eigenvalue weighted by molar-refractivity contribution is 5.88. The molecule has 2 aromatic heterocycles. The van der Waals surface area contributed by atoms with E-state index >= 15 is 0 Å². The van der Waals surface area contributed by atoms with E-state index in [1.807, 2.05) is 54.6 Å². The van der Waals surface area contributed by atoms with E-state index in [1.54, 1.807) is 32.4 Å². The van der Waals surface area contributed by atoms with E-state index in [9.17, 15) is 4.79 Å². The van der Waals surface area contributed by atoms with E-state index in [4.69, 9.17) is 18.6 Å². The first kappa shape index (κ1) is 21.1. The minimum Gasteiger partial charge on any atom is -0.489 e. The summed E-state index contributed by atoms with van der Waals surface area (Å²) in [7, 11) is 1.55. The van der Waals surface area contributed by atoms with E-state index in [-0.39, 0.29) is 12.5 Å². The van der Waals surface area contributed by atoms with Crippen molar-refractivity contribution >= 4 is 5.97 Å². The smallest absolute Gasteiger partial charge is 0.394 e. The summed E-state index contributed by atoms with van der Waals surface area (Å²) in [6, 6.07) is 20.9. The summed E-state index contributed by atoms with van der Waals surface area (Å²) in [4.78, 5) is 20.8. The van der Waals surface area contributed by atoms with Crippen LogP contribution in [0.5, 0.6) is 11.6 Å². The highest BCUT2D eigenvalue weighted by Crippen LogP contribution is 2.34. The van der Waals surface area contributed by atoms with Crippen molar-refractivity contribution in [1.82, 2.24) is 9.97 Å². The predicted octanol–water partition coefficient (Wildman–Crippen LogP) is 5.17. The van der Waals surface area contributed by atoms with E-state index in [2.05, 4.69) is 9.97 Å². The van der Waals surface area contributed by atoms with Gasteiger partial charge in [-0.2, -0.15) is 0 Å². The number of esters is 1. The Morgan fingerprint density at radius 1 is 0.969 bits per heavy atom. The van der Waals surface area contributed by atoms with Crippen LogP contribution in [0.3, 0.4) is 0 Å². The van der Waals surface area contributed by atoms with Crippen molar-refractivity contribution in [2.24, 2.45) is 0 Å². The molecule has 0 radical (unpaired) electrons. The number of ether oxygens (including phenoxy) is 3. The first-order valence-electron chi connectivity index (χ1n) is 10.1. The van der Waals surface area contributed by atoms with Gasteiger partial charge in [0.25, 0.3) is 0 Å². The summed E-state index contributed by atoms with van der Waals surface area (Å²) in [5, 5.41) is 0. The third-order valence-electron chi connectivity index (χ3n) is 4.66. The number of oxazole rings is 1.